The van der Waals surface area contributed by atoms with Gasteiger partial charge in [0.1, 0.15) is 6.04 Å². The number of piperazine rings is 1. The molecule has 0 saturated carbocycles. The Morgan fingerprint density at radius 1 is 1.40 bits per heavy atom. The molecule has 2 fully saturated rings. The number of hydrogen-bond acceptors (Lipinski definition) is 3. The monoisotopic (exact) mass is 283 g/mol. The first-order valence-electron chi connectivity index (χ1n) is 6.92. The molecule has 0 spiro atoms. The number of likely N-dealkylation sites (tertiary alicyclic amines) is 1. The minimum Gasteiger partial charge on any atom is -0.481 e. The van der Waals surface area contributed by atoms with Crippen molar-refractivity contribution in [2.45, 2.75) is 32.7 Å². The van der Waals surface area contributed by atoms with Gasteiger partial charge in [0.2, 0.25) is 5.91 Å². The van der Waals surface area contributed by atoms with Crippen LogP contribution in [0.4, 0.5) is 4.79 Å². The van der Waals surface area contributed by atoms with Crippen LogP contribution in [0.15, 0.2) is 0 Å². The summed E-state index contributed by atoms with van der Waals surface area (Å²) >= 11 is 0. The minimum atomic E-state index is -0.894. The maximum Gasteiger partial charge on any atom is 0.320 e. The third kappa shape index (κ3) is 2.57. The number of nitrogens with one attached hydrogen (secondary N) is 1. The molecule has 3 amide bonds. The van der Waals surface area contributed by atoms with E-state index in [1.54, 1.807) is 18.7 Å². The Labute approximate surface area is 117 Å². The number of amides is 3. The second-order valence-electron chi connectivity index (χ2n) is 5.83. The van der Waals surface area contributed by atoms with Crippen LogP contribution in [0.1, 0.15) is 26.7 Å². The summed E-state index contributed by atoms with van der Waals surface area (Å²) in [5.74, 6) is -1.04. The van der Waals surface area contributed by atoms with E-state index in [0.717, 1.165) is 0 Å². The lowest BCUT2D eigenvalue weighted by Crippen LogP contribution is -2.61. The van der Waals surface area contributed by atoms with Gasteiger partial charge in [0.05, 0.1) is 5.41 Å². The summed E-state index contributed by atoms with van der Waals surface area (Å²) in [6.07, 6.45) is 1.24. The lowest BCUT2D eigenvalue weighted by atomic mass is 9.82. The summed E-state index contributed by atoms with van der Waals surface area (Å²) in [5, 5.41) is 12.0. The fourth-order valence-corrected chi connectivity index (χ4v) is 2.80. The van der Waals surface area contributed by atoms with Crippen LogP contribution in [-0.2, 0) is 9.59 Å². The van der Waals surface area contributed by atoms with Gasteiger partial charge in [-0.2, -0.15) is 0 Å². The molecule has 112 valence electrons. The molecule has 0 bridgehead atoms. The second-order valence-corrected chi connectivity index (χ2v) is 5.83. The maximum atomic E-state index is 12.5. The van der Waals surface area contributed by atoms with Crippen LogP contribution in [-0.4, -0.2) is 65.0 Å². The van der Waals surface area contributed by atoms with E-state index in [4.69, 9.17) is 0 Å². The number of carbonyl (C=O) groups is 3. The van der Waals surface area contributed by atoms with Gasteiger partial charge in [-0.25, -0.2) is 4.79 Å². The molecule has 2 N–H and O–H groups in total. The van der Waals surface area contributed by atoms with Crippen molar-refractivity contribution in [1.82, 2.24) is 15.1 Å². The zero-order chi connectivity index (χ0) is 14.9. The van der Waals surface area contributed by atoms with Crippen molar-refractivity contribution in [2.75, 3.05) is 26.2 Å². The highest BCUT2D eigenvalue weighted by atomic mass is 16.4. The average molecular weight is 283 g/mol. The average Bonchev–Trinajstić information content (AvgIpc) is 2.41. The van der Waals surface area contributed by atoms with Crippen LogP contribution in [0.5, 0.6) is 0 Å². The molecule has 2 unspecified atom stereocenters. The number of carbonyl (C=O) groups excluding carboxylic acids is 2. The summed E-state index contributed by atoms with van der Waals surface area (Å²) in [7, 11) is 0. The molecule has 0 aromatic carbocycles. The number of piperidine rings is 1. The van der Waals surface area contributed by atoms with E-state index >= 15 is 0 Å². The largest absolute Gasteiger partial charge is 0.481 e. The van der Waals surface area contributed by atoms with Gasteiger partial charge in [0, 0.05) is 26.2 Å². The van der Waals surface area contributed by atoms with Crippen molar-refractivity contribution in [2.24, 2.45) is 5.41 Å². The molecule has 0 aromatic rings. The molecule has 2 atom stereocenters. The number of rotatable bonds is 1. The number of carboxylic acid groups (broad SMARTS) is 1. The molecular formula is C13H21N3O4. The fraction of sp³-hybridized carbons (Fsp3) is 0.769. The molecule has 0 aromatic heterocycles. The maximum absolute atomic E-state index is 12.5. The molecule has 2 saturated heterocycles. The van der Waals surface area contributed by atoms with Gasteiger partial charge in [0.25, 0.3) is 0 Å². The molecule has 7 nitrogen and oxygen atoms in total. The molecule has 2 aliphatic heterocycles. The number of nitrogens with zero attached hydrogens (tertiary/aromatic N) is 2. The van der Waals surface area contributed by atoms with Crippen LogP contribution in [0.25, 0.3) is 0 Å². The van der Waals surface area contributed by atoms with Crippen LogP contribution in [0.2, 0.25) is 0 Å². The highest BCUT2D eigenvalue weighted by Gasteiger charge is 2.41. The first-order chi connectivity index (χ1) is 9.35. The molecular weight excluding hydrogens is 262 g/mol. The van der Waals surface area contributed by atoms with E-state index in [0.29, 0.717) is 32.5 Å². The molecule has 2 aliphatic rings. The Bertz CT molecular complexity index is 439. The van der Waals surface area contributed by atoms with Gasteiger partial charge in [-0.15, -0.1) is 0 Å². The summed E-state index contributed by atoms with van der Waals surface area (Å²) in [6.45, 7) is 5.01. The van der Waals surface area contributed by atoms with Crippen LogP contribution in [0, 0.1) is 5.41 Å². The Morgan fingerprint density at radius 2 is 2.10 bits per heavy atom. The minimum absolute atomic E-state index is 0.164. The van der Waals surface area contributed by atoms with E-state index in [-0.39, 0.29) is 18.5 Å². The highest BCUT2D eigenvalue weighted by molar-refractivity contribution is 5.88. The molecule has 2 rings (SSSR count). The smallest absolute Gasteiger partial charge is 0.320 e. The summed E-state index contributed by atoms with van der Waals surface area (Å²) in [5.41, 5.74) is -0.894. The molecule has 20 heavy (non-hydrogen) atoms. The van der Waals surface area contributed by atoms with Crippen LogP contribution >= 0.6 is 0 Å². The predicted octanol–water partition coefficient (Wildman–Crippen LogP) is 0.113. The summed E-state index contributed by atoms with van der Waals surface area (Å²) < 4.78 is 0. The number of hydrogen-bond donors (Lipinski definition) is 2. The van der Waals surface area contributed by atoms with Gasteiger partial charge < -0.3 is 20.2 Å². The van der Waals surface area contributed by atoms with E-state index in [1.807, 2.05) is 0 Å². The molecule has 7 heteroatoms. The fourth-order valence-electron chi connectivity index (χ4n) is 2.80. The first kappa shape index (κ1) is 14.6. The normalized spacial score (nSPS) is 30.9. The predicted molar refractivity (Wildman–Crippen MR) is 71.1 cm³/mol. The van der Waals surface area contributed by atoms with Crippen LogP contribution in [0.3, 0.4) is 0 Å². The lowest BCUT2D eigenvalue weighted by Gasteiger charge is -2.42. The van der Waals surface area contributed by atoms with Crippen molar-refractivity contribution >= 4 is 17.9 Å². The Kier molecular flexibility index (Phi) is 3.87. The van der Waals surface area contributed by atoms with Crippen molar-refractivity contribution in [3.05, 3.63) is 0 Å². The molecule has 0 aliphatic carbocycles. The topological polar surface area (TPSA) is 90.0 Å². The van der Waals surface area contributed by atoms with E-state index in [1.165, 1.54) is 4.90 Å². The zero-order valence-electron chi connectivity index (χ0n) is 11.9. The molecule has 0 radical (unpaired) electrons. The van der Waals surface area contributed by atoms with Crippen molar-refractivity contribution in [3.8, 4) is 0 Å². The highest BCUT2D eigenvalue weighted by Crippen LogP contribution is 2.30. The van der Waals surface area contributed by atoms with Gasteiger partial charge in [-0.1, -0.05) is 0 Å². The summed E-state index contributed by atoms with van der Waals surface area (Å²) in [4.78, 5) is 38.5. The van der Waals surface area contributed by atoms with Crippen molar-refractivity contribution in [3.63, 3.8) is 0 Å². The third-order valence-electron chi connectivity index (χ3n) is 4.23. The molecule has 2 heterocycles. The van der Waals surface area contributed by atoms with E-state index < -0.39 is 17.4 Å². The van der Waals surface area contributed by atoms with Crippen molar-refractivity contribution < 1.29 is 19.5 Å². The zero-order valence-corrected chi connectivity index (χ0v) is 11.9. The Hall–Kier alpha value is -1.79. The Morgan fingerprint density at radius 3 is 2.75 bits per heavy atom. The number of carboxylic acids is 1. The van der Waals surface area contributed by atoms with Crippen LogP contribution < -0.4 is 5.32 Å². The van der Waals surface area contributed by atoms with E-state index in [2.05, 4.69) is 5.32 Å². The van der Waals surface area contributed by atoms with Crippen molar-refractivity contribution in [1.29, 1.82) is 0 Å². The standard InChI is InChI=1S/C13H21N3O4/c1-9-10(17)14-5-7-16(9)12(20)15-6-3-4-13(2,8-15)11(18)19/h9H,3-8H2,1-2H3,(H,14,17)(H,18,19). The summed E-state index contributed by atoms with van der Waals surface area (Å²) in [6, 6.07) is -0.742. The van der Waals surface area contributed by atoms with Gasteiger partial charge >= 0.3 is 12.0 Å². The van der Waals surface area contributed by atoms with Gasteiger partial charge in [-0.05, 0) is 26.7 Å². The van der Waals surface area contributed by atoms with Gasteiger partial charge in [-0.3, -0.25) is 9.59 Å². The first-order valence-corrected chi connectivity index (χ1v) is 6.92. The number of urea groups is 1. The third-order valence-corrected chi connectivity index (χ3v) is 4.23. The second kappa shape index (κ2) is 5.30. The van der Waals surface area contributed by atoms with E-state index in [9.17, 15) is 19.5 Å². The number of aliphatic carboxylic acids is 1. The quantitative estimate of drug-likeness (QED) is 0.715. The Balaban J connectivity index is 2.09. The lowest BCUT2D eigenvalue weighted by molar-refractivity contribution is -0.150. The SMILES string of the molecule is CC1C(=O)NCCN1C(=O)N1CCCC(C)(C(=O)O)C1. The van der Waals surface area contributed by atoms with Gasteiger partial charge in [0.15, 0.2) is 0 Å².